The van der Waals surface area contributed by atoms with Crippen LogP contribution in [0.2, 0.25) is 0 Å². The maximum Gasteiger partial charge on any atom is 0.418 e. The van der Waals surface area contributed by atoms with Gasteiger partial charge in [-0.3, -0.25) is 4.79 Å². The van der Waals surface area contributed by atoms with Gasteiger partial charge in [0.25, 0.3) is 0 Å². The number of benzene rings is 1. The Morgan fingerprint density at radius 1 is 1.21 bits per heavy atom. The van der Waals surface area contributed by atoms with Crippen LogP contribution < -0.4 is 10.6 Å². The van der Waals surface area contributed by atoms with Crippen LogP contribution in [-0.4, -0.2) is 19.0 Å². The Morgan fingerprint density at radius 2 is 1.89 bits per heavy atom. The number of rotatable bonds is 5. The summed E-state index contributed by atoms with van der Waals surface area (Å²) in [5, 5.41) is 5.39. The first-order valence-electron chi connectivity index (χ1n) is 6.16. The smallest absolute Gasteiger partial charge is 0.383 e. The van der Waals surface area contributed by atoms with E-state index in [1.54, 1.807) is 6.07 Å². The summed E-state index contributed by atoms with van der Waals surface area (Å²) in [6.07, 6.45) is -2.55. The van der Waals surface area contributed by atoms with Gasteiger partial charge in [0.05, 0.1) is 5.56 Å². The molecule has 3 nitrogen and oxygen atoms in total. The van der Waals surface area contributed by atoms with Crippen molar-refractivity contribution in [3.8, 4) is 0 Å². The number of carbonyl (C=O) groups excluding carboxylic acids is 1. The minimum Gasteiger partial charge on any atom is -0.383 e. The Labute approximate surface area is 109 Å². The van der Waals surface area contributed by atoms with E-state index in [2.05, 4.69) is 10.6 Å². The number of halogens is 3. The Bertz CT molecular complexity index is 455. The van der Waals surface area contributed by atoms with Gasteiger partial charge in [-0.25, -0.2) is 0 Å². The second-order valence-electron chi connectivity index (χ2n) is 4.54. The quantitative estimate of drug-likeness (QED) is 0.809. The minimum absolute atomic E-state index is 0.00842. The van der Waals surface area contributed by atoms with Crippen molar-refractivity contribution in [2.24, 2.45) is 5.92 Å². The molecule has 0 heterocycles. The number of nitrogens with one attached hydrogen (secondary N) is 2. The molecule has 1 saturated carbocycles. The average molecular weight is 272 g/mol. The molecule has 0 bridgehead atoms. The molecule has 0 atom stereocenters. The number of anilines is 1. The van der Waals surface area contributed by atoms with E-state index < -0.39 is 11.7 Å². The van der Waals surface area contributed by atoms with Crippen molar-refractivity contribution in [2.75, 3.05) is 18.4 Å². The largest absolute Gasteiger partial charge is 0.418 e. The van der Waals surface area contributed by atoms with Crippen LogP contribution in [0.5, 0.6) is 0 Å². The molecule has 1 aliphatic rings. The molecule has 0 aliphatic heterocycles. The molecular formula is C13H15F3N2O. The molecule has 0 radical (unpaired) electrons. The van der Waals surface area contributed by atoms with Crippen molar-refractivity contribution in [3.05, 3.63) is 29.8 Å². The van der Waals surface area contributed by atoms with Crippen molar-refractivity contribution < 1.29 is 18.0 Å². The van der Waals surface area contributed by atoms with Gasteiger partial charge in [-0.1, -0.05) is 12.1 Å². The Morgan fingerprint density at radius 3 is 2.53 bits per heavy atom. The molecule has 19 heavy (non-hydrogen) atoms. The highest BCUT2D eigenvalue weighted by Gasteiger charge is 2.33. The van der Waals surface area contributed by atoms with Crippen LogP contribution in [0.15, 0.2) is 24.3 Å². The lowest BCUT2D eigenvalue weighted by Gasteiger charge is -2.14. The standard InChI is InChI=1S/C13H15F3N2O/c14-13(15,16)10-3-1-2-4-11(10)17-7-8-18-12(19)9-5-6-9/h1-4,9,17H,5-8H2,(H,18,19). The number of carbonyl (C=O) groups is 1. The van der Waals surface area contributed by atoms with Crippen LogP contribution in [0.25, 0.3) is 0 Å². The summed E-state index contributed by atoms with van der Waals surface area (Å²) in [4.78, 5) is 11.3. The number of hydrogen-bond acceptors (Lipinski definition) is 2. The lowest BCUT2D eigenvalue weighted by molar-refractivity contribution is -0.137. The Kier molecular flexibility index (Phi) is 3.97. The van der Waals surface area contributed by atoms with Gasteiger partial charge >= 0.3 is 6.18 Å². The lowest BCUT2D eigenvalue weighted by atomic mass is 10.1. The summed E-state index contributed by atoms with van der Waals surface area (Å²) >= 11 is 0. The topological polar surface area (TPSA) is 41.1 Å². The van der Waals surface area contributed by atoms with E-state index in [0.29, 0.717) is 6.54 Å². The highest BCUT2D eigenvalue weighted by atomic mass is 19.4. The predicted octanol–water partition coefficient (Wildman–Crippen LogP) is 2.64. The zero-order chi connectivity index (χ0) is 13.9. The molecule has 0 aromatic heterocycles. The van der Waals surface area contributed by atoms with Gasteiger partial charge < -0.3 is 10.6 Å². The maximum absolute atomic E-state index is 12.7. The highest BCUT2D eigenvalue weighted by molar-refractivity contribution is 5.80. The fourth-order valence-electron chi connectivity index (χ4n) is 1.76. The van der Waals surface area contributed by atoms with Crippen LogP contribution in [0.4, 0.5) is 18.9 Å². The maximum atomic E-state index is 12.7. The van der Waals surface area contributed by atoms with E-state index in [1.165, 1.54) is 12.1 Å². The van der Waals surface area contributed by atoms with Crippen LogP contribution in [0.3, 0.4) is 0 Å². The molecule has 1 aromatic carbocycles. The van der Waals surface area contributed by atoms with Gasteiger partial charge in [-0.2, -0.15) is 13.2 Å². The summed E-state index contributed by atoms with van der Waals surface area (Å²) in [5.41, 5.74) is -0.654. The van der Waals surface area contributed by atoms with Crippen LogP contribution in [0, 0.1) is 5.92 Å². The van der Waals surface area contributed by atoms with Crippen molar-refractivity contribution in [3.63, 3.8) is 0 Å². The lowest BCUT2D eigenvalue weighted by Crippen LogP contribution is -2.30. The van der Waals surface area contributed by atoms with Crippen molar-refractivity contribution in [1.29, 1.82) is 0 Å². The number of alkyl halides is 3. The molecule has 0 saturated heterocycles. The van der Waals surface area contributed by atoms with Gasteiger partial charge in [0, 0.05) is 24.7 Å². The number of amides is 1. The molecule has 0 spiro atoms. The number of hydrogen-bond donors (Lipinski definition) is 2. The SMILES string of the molecule is O=C(NCCNc1ccccc1C(F)(F)F)C1CC1. The highest BCUT2D eigenvalue weighted by Crippen LogP contribution is 2.34. The van der Waals surface area contributed by atoms with Gasteiger partial charge in [0.15, 0.2) is 0 Å². The predicted molar refractivity (Wildman–Crippen MR) is 65.7 cm³/mol. The van der Waals surface area contributed by atoms with Gasteiger partial charge in [-0.15, -0.1) is 0 Å². The third kappa shape index (κ3) is 3.87. The summed E-state index contributed by atoms with van der Waals surface area (Å²) in [6.45, 7) is 0.590. The zero-order valence-electron chi connectivity index (χ0n) is 10.3. The van der Waals surface area contributed by atoms with E-state index in [0.717, 1.165) is 18.9 Å². The van der Waals surface area contributed by atoms with Crippen LogP contribution in [-0.2, 0) is 11.0 Å². The van der Waals surface area contributed by atoms with Gasteiger partial charge in [0.1, 0.15) is 0 Å². The molecule has 1 aliphatic carbocycles. The van der Waals surface area contributed by atoms with Gasteiger partial charge in [0.2, 0.25) is 5.91 Å². The first-order valence-corrected chi connectivity index (χ1v) is 6.16. The van der Waals surface area contributed by atoms with E-state index >= 15 is 0 Å². The molecular weight excluding hydrogens is 257 g/mol. The van der Waals surface area contributed by atoms with E-state index in [-0.39, 0.29) is 24.1 Å². The second kappa shape index (κ2) is 5.50. The van der Waals surface area contributed by atoms with Crippen LogP contribution >= 0.6 is 0 Å². The van der Waals surface area contributed by atoms with Crippen molar-refractivity contribution >= 4 is 11.6 Å². The molecule has 1 aromatic rings. The fraction of sp³-hybridized carbons (Fsp3) is 0.462. The molecule has 6 heteroatoms. The van der Waals surface area contributed by atoms with E-state index in [1.807, 2.05) is 0 Å². The molecule has 0 unspecified atom stereocenters. The number of para-hydroxylation sites is 1. The van der Waals surface area contributed by atoms with Crippen molar-refractivity contribution in [2.45, 2.75) is 19.0 Å². The Hall–Kier alpha value is -1.72. The Balaban J connectivity index is 1.83. The summed E-state index contributed by atoms with van der Waals surface area (Å²) in [7, 11) is 0. The third-order valence-corrected chi connectivity index (χ3v) is 2.92. The first-order chi connectivity index (χ1) is 8.98. The molecule has 1 fully saturated rings. The summed E-state index contributed by atoms with van der Waals surface area (Å²) in [5.74, 6) is 0.105. The summed E-state index contributed by atoms with van der Waals surface area (Å²) in [6, 6.07) is 5.31. The molecule has 104 valence electrons. The van der Waals surface area contributed by atoms with E-state index in [9.17, 15) is 18.0 Å². The monoisotopic (exact) mass is 272 g/mol. The third-order valence-electron chi connectivity index (χ3n) is 2.92. The summed E-state index contributed by atoms with van der Waals surface area (Å²) < 4.78 is 38.1. The van der Waals surface area contributed by atoms with Crippen molar-refractivity contribution in [1.82, 2.24) is 5.32 Å². The molecule has 2 N–H and O–H groups in total. The average Bonchev–Trinajstić information content (AvgIpc) is 3.18. The first kappa shape index (κ1) is 13.7. The molecule has 1 amide bonds. The molecule has 2 rings (SSSR count). The van der Waals surface area contributed by atoms with E-state index in [4.69, 9.17) is 0 Å². The fourth-order valence-corrected chi connectivity index (χ4v) is 1.76. The van der Waals surface area contributed by atoms with Crippen LogP contribution in [0.1, 0.15) is 18.4 Å². The minimum atomic E-state index is -4.37. The second-order valence-corrected chi connectivity index (χ2v) is 4.54. The normalized spacial score (nSPS) is 15.1. The zero-order valence-corrected chi connectivity index (χ0v) is 10.3. The van der Waals surface area contributed by atoms with Gasteiger partial charge in [-0.05, 0) is 25.0 Å².